The molecule has 0 saturated carbocycles. The van der Waals surface area contributed by atoms with Crippen molar-refractivity contribution >= 4 is 11.8 Å². The van der Waals surface area contributed by atoms with Crippen molar-refractivity contribution in [3.8, 4) is 5.69 Å². The predicted molar refractivity (Wildman–Crippen MR) is 113 cm³/mol. The molecule has 3 heterocycles. The van der Waals surface area contributed by atoms with Crippen LogP contribution in [-0.4, -0.2) is 51.0 Å². The molecular formula is C24H24N4O2. The molecule has 2 aliphatic rings. The van der Waals surface area contributed by atoms with Crippen LogP contribution in [0.25, 0.3) is 5.69 Å². The number of nitrogens with zero attached hydrogens (tertiary/aromatic N) is 4. The summed E-state index contributed by atoms with van der Waals surface area (Å²) < 4.78 is 1.73. The van der Waals surface area contributed by atoms with Crippen molar-refractivity contribution < 1.29 is 9.59 Å². The Morgan fingerprint density at radius 1 is 0.933 bits per heavy atom. The van der Waals surface area contributed by atoms with E-state index in [-0.39, 0.29) is 23.8 Å². The third-order valence-electron chi connectivity index (χ3n) is 6.38. The molecule has 0 unspecified atom stereocenters. The Bertz CT molecular complexity index is 1060. The summed E-state index contributed by atoms with van der Waals surface area (Å²) in [6.07, 6.45) is 3.56. The number of likely N-dealkylation sites (tertiary alicyclic amines) is 2. The number of aromatic nitrogens is 2. The number of carbonyl (C=O) groups is 2. The molecule has 0 bridgehead atoms. The average molecular weight is 400 g/mol. The highest BCUT2D eigenvalue weighted by molar-refractivity contribution is 5.98. The third kappa shape index (κ3) is 3.09. The first-order valence-corrected chi connectivity index (χ1v) is 10.3. The molecule has 6 nitrogen and oxygen atoms in total. The van der Waals surface area contributed by atoms with Crippen LogP contribution < -0.4 is 0 Å². The van der Waals surface area contributed by atoms with Crippen LogP contribution in [0.2, 0.25) is 0 Å². The lowest BCUT2D eigenvalue weighted by Gasteiger charge is -2.29. The number of para-hydroxylation sites is 1. The van der Waals surface area contributed by atoms with Gasteiger partial charge in [0, 0.05) is 50.8 Å². The standard InChI is InChI=1S/C24H24N4O2/c1-17(29)27-15-19-14-26(16-21(19)23(27)18-8-3-2-4-9-18)24(30)20-10-5-6-11-22(20)28-13-7-12-25-28/h2-13,19,21,23H,14-16H2,1H3/t19-,21-,23-/m1/s1. The minimum atomic E-state index is 0.0212. The lowest BCUT2D eigenvalue weighted by molar-refractivity contribution is -0.130. The molecule has 3 atom stereocenters. The van der Waals surface area contributed by atoms with E-state index in [9.17, 15) is 9.59 Å². The van der Waals surface area contributed by atoms with Crippen LogP contribution in [0, 0.1) is 11.8 Å². The monoisotopic (exact) mass is 400 g/mol. The third-order valence-corrected chi connectivity index (χ3v) is 6.38. The van der Waals surface area contributed by atoms with Crippen molar-refractivity contribution in [2.24, 2.45) is 11.8 Å². The molecule has 2 aliphatic heterocycles. The number of rotatable bonds is 3. The van der Waals surface area contributed by atoms with Gasteiger partial charge >= 0.3 is 0 Å². The molecule has 5 rings (SSSR count). The molecule has 2 aromatic carbocycles. The second kappa shape index (κ2) is 7.44. The van der Waals surface area contributed by atoms with Crippen LogP contribution in [0.15, 0.2) is 73.1 Å². The SMILES string of the molecule is CC(=O)N1C[C@H]2CN(C(=O)c3ccccc3-n3cccn3)C[C@H]2[C@H]1c1ccccc1. The Hall–Kier alpha value is -3.41. The maximum absolute atomic E-state index is 13.5. The van der Waals surface area contributed by atoms with Crippen LogP contribution in [-0.2, 0) is 4.79 Å². The summed E-state index contributed by atoms with van der Waals surface area (Å²) in [6, 6.07) is 19.6. The first-order valence-electron chi connectivity index (χ1n) is 10.3. The van der Waals surface area contributed by atoms with Gasteiger partial charge in [-0.2, -0.15) is 5.10 Å². The Morgan fingerprint density at radius 2 is 1.70 bits per heavy atom. The number of benzene rings is 2. The van der Waals surface area contributed by atoms with Gasteiger partial charge < -0.3 is 9.80 Å². The summed E-state index contributed by atoms with van der Waals surface area (Å²) in [4.78, 5) is 29.7. The van der Waals surface area contributed by atoms with E-state index in [1.165, 1.54) is 0 Å². The van der Waals surface area contributed by atoms with Gasteiger partial charge in [-0.05, 0) is 23.8 Å². The van der Waals surface area contributed by atoms with Crippen LogP contribution in [0.5, 0.6) is 0 Å². The summed E-state index contributed by atoms with van der Waals surface area (Å²) in [5.41, 5.74) is 2.59. The van der Waals surface area contributed by atoms with Crippen LogP contribution in [0.3, 0.4) is 0 Å². The highest BCUT2D eigenvalue weighted by Crippen LogP contribution is 2.45. The van der Waals surface area contributed by atoms with E-state index in [0.717, 1.165) is 11.3 Å². The fraction of sp³-hybridized carbons (Fsp3) is 0.292. The van der Waals surface area contributed by atoms with Gasteiger partial charge in [0.25, 0.3) is 5.91 Å². The van der Waals surface area contributed by atoms with Gasteiger partial charge in [-0.25, -0.2) is 4.68 Å². The van der Waals surface area contributed by atoms with Crippen molar-refractivity contribution in [1.82, 2.24) is 19.6 Å². The Morgan fingerprint density at radius 3 is 2.43 bits per heavy atom. The van der Waals surface area contributed by atoms with E-state index in [1.54, 1.807) is 17.8 Å². The molecule has 0 N–H and O–H groups in total. The second-order valence-electron chi connectivity index (χ2n) is 8.13. The lowest BCUT2D eigenvalue weighted by atomic mass is 9.89. The van der Waals surface area contributed by atoms with Crippen LogP contribution in [0.4, 0.5) is 0 Å². The van der Waals surface area contributed by atoms with E-state index in [0.29, 0.717) is 31.1 Å². The highest BCUT2D eigenvalue weighted by atomic mass is 16.2. The maximum Gasteiger partial charge on any atom is 0.256 e. The summed E-state index contributed by atoms with van der Waals surface area (Å²) in [5.74, 6) is 0.661. The summed E-state index contributed by atoms with van der Waals surface area (Å²) in [7, 11) is 0. The molecular weight excluding hydrogens is 376 g/mol. The van der Waals surface area contributed by atoms with Gasteiger partial charge in [0.05, 0.1) is 17.3 Å². The highest BCUT2D eigenvalue weighted by Gasteiger charge is 2.49. The predicted octanol–water partition coefficient (Wildman–Crippen LogP) is 3.16. The van der Waals surface area contributed by atoms with E-state index in [1.807, 2.05) is 64.5 Å². The Balaban J connectivity index is 1.43. The van der Waals surface area contributed by atoms with Crippen LogP contribution in [0.1, 0.15) is 28.9 Å². The molecule has 152 valence electrons. The van der Waals surface area contributed by atoms with E-state index >= 15 is 0 Å². The van der Waals surface area contributed by atoms with Crippen molar-refractivity contribution in [3.05, 3.63) is 84.2 Å². The second-order valence-corrected chi connectivity index (χ2v) is 8.13. The number of fused-ring (bicyclic) bond motifs is 1. The number of hydrogen-bond acceptors (Lipinski definition) is 3. The van der Waals surface area contributed by atoms with Crippen molar-refractivity contribution in [1.29, 1.82) is 0 Å². The zero-order valence-electron chi connectivity index (χ0n) is 16.9. The van der Waals surface area contributed by atoms with Gasteiger partial charge in [-0.1, -0.05) is 42.5 Å². The normalized spacial score (nSPS) is 22.9. The topological polar surface area (TPSA) is 58.4 Å². The van der Waals surface area contributed by atoms with Crippen molar-refractivity contribution in [2.75, 3.05) is 19.6 Å². The van der Waals surface area contributed by atoms with Gasteiger partial charge in [0.1, 0.15) is 0 Å². The maximum atomic E-state index is 13.5. The largest absolute Gasteiger partial charge is 0.338 e. The minimum Gasteiger partial charge on any atom is -0.338 e. The Kier molecular flexibility index (Phi) is 4.62. The molecule has 2 saturated heterocycles. The molecule has 3 aromatic rings. The molecule has 2 fully saturated rings. The molecule has 30 heavy (non-hydrogen) atoms. The zero-order chi connectivity index (χ0) is 20.7. The van der Waals surface area contributed by atoms with Crippen LogP contribution >= 0.6 is 0 Å². The van der Waals surface area contributed by atoms with Crippen molar-refractivity contribution in [2.45, 2.75) is 13.0 Å². The zero-order valence-corrected chi connectivity index (χ0v) is 16.9. The fourth-order valence-corrected chi connectivity index (χ4v) is 5.05. The quantitative estimate of drug-likeness (QED) is 0.679. The summed E-state index contributed by atoms with van der Waals surface area (Å²) >= 11 is 0. The first kappa shape index (κ1) is 18.6. The van der Waals surface area contributed by atoms with E-state index in [2.05, 4.69) is 17.2 Å². The van der Waals surface area contributed by atoms with Gasteiger partial charge in [-0.3, -0.25) is 9.59 Å². The summed E-state index contributed by atoms with van der Waals surface area (Å²) in [5, 5.41) is 4.30. The van der Waals surface area contributed by atoms with Gasteiger partial charge in [-0.15, -0.1) is 0 Å². The molecule has 0 spiro atoms. The molecule has 0 aliphatic carbocycles. The van der Waals surface area contributed by atoms with E-state index < -0.39 is 0 Å². The number of hydrogen-bond donors (Lipinski definition) is 0. The molecule has 0 radical (unpaired) electrons. The molecule has 6 heteroatoms. The van der Waals surface area contributed by atoms with Gasteiger partial charge in [0.2, 0.25) is 5.91 Å². The number of amides is 2. The Labute approximate surface area is 175 Å². The lowest BCUT2D eigenvalue weighted by Crippen LogP contribution is -2.36. The summed E-state index contributed by atoms with van der Waals surface area (Å²) in [6.45, 7) is 3.66. The smallest absolute Gasteiger partial charge is 0.256 e. The fourth-order valence-electron chi connectivity index (χ4n) is 5.05. The molecule has 2 amide bonds. The van der Waals surface area contributed by atoms with Gasteiger partial charge in [0.15, 0.2) is 0 Å². The first-order chi connectivity index (χ1) is 14.6. The molecule has 1 aromatic heterocycles. The van der Waals surface area contributed by atoms with E-state index in [4.69, 9.17) is 0 Å². The van der Waals surface area contributed by atoms with Crippen molar-refractivity contribution in [3.63, 3.8) is 0 Å². The number of carbonyl (C=O) groups excluding carboxylic acids is 2. The average Bonchev–Trinajstić information content (AvgIpc) is 3.50. The minimum absolute atomic E-state index is 0.0212.